The minimum Gasteiger partial charge on any atom is -0.383 e. The second-order valence-electron chi connectivity index (χ2n) is 4.01. The summed E-state index contributed by atoms with van der Waals surface area (Å²) in [6, 6.07) is 10.8. The van der Waals surface area contributed by atoms with Gasteiger partial charge in [-0.15, -0.1) is 0 Å². The Kier molecular flexibility index (Phi) is 4.60. The first kappa shape index (κ1) is 12.3. The van der Waals surface area contributed by atoms with Gasteiger partial charge in [0, 0.05) is 25.0 Å². The summed E-state index contributed by atoms with van der Waals surface area (Å²) in [6.07, 6.45) is 2.43. The van der Waals surface area contributed by atoms with Crippen LogP contribution in [0.2, 0.25) is 0 Å². The molecule has 1 fully saturated rings. The fourth-order valence-electron chi connectivity index (χ4n) is 2.11. The van der Waals surface area contributed by atoms with E-state index < -0.39 is 7.43 Å². The number of nitrogens with zero attached hydrogens (tertiary/aromatic N) is 1. The van der Waals surface area contributed by atoms with E-state index in [9.17, 15) is 0 Å². The predicted molar refractivity (Wildman–Crippen MR) is 70.5 cm³/mol. The number of hydrogen-bond donors (Lipinski definition) is 0. The smallest absolute Gasteiger partial charge is 0.0949 e. The third-order valence-corrected chi connectivity index (χ3v) is 5.77. The van der Waals surface area contributed by atoms with Crippen LogP contribution >= 0.6 is 18.7 Å². The lowest BCUT2D eigenvalue weighted by atomic mass is 10.2. The van der Waals surface area contributed by atoms with Crippen molar-refractivity contribution < 1.29 is 4.74 Å². The molecule has 1 aromatic carbocycles. The second-order valence-corrected chi connectivity index (χ2v) is 6.52. The van der Waals surface area contributed by atoms with Crippen LogP contribution < -0.4 is 5.30 Å². The van der Waals surface area contributed by atoms with Crippen LogP contribution in [0.25, 0.3) is 0 Å². The molecule has 1 aliphatic heterocycles. The third kappa shape index (κ3) is 2.75. The first-order valence-electron chi connectivity index (χ1n) is 5.59. The van der Waals surface area contributed by atoms with Crippen LogP contribution in [0.4, 0.5) is 0 Å². The average Bonchev–Trinajstić information content (AvgIpc) is 2.78. The molecule has 1 aliphatic rings. The second kappa shape index (κ2) is 5.97. The van der Waals surface area contributed by atoms with Crippen molar-refractivity contribution in [3.8, 4) is 0 Å². The molecule has 1 saturated heterocycles. The van der Waals surface area contributed by atoms with Gasteiger partial charge in [-0.05, 0) is 12.8 Å². The van der Waals surface area contributed by atoms with Crippen molar-refractivity contribution in [2.45, 2.75) is 18.9 Å². The predicted octanol–water partition coefficient (Wildman–Crippen LogP) is 2.97. The van der Waals surface area contributed by atoms with Crippen molar-refractivity contribution in [3.05, 3.63) is 30.3 Å². The molecule has 0 N–H and O–H groups in total. The topological polar surface area (TPSA) is 12.5 Å². The van der Waals surface area contributed by atoms with Gasteiger partial charge in [0.1, 0.15) is 0 Å². The first-order valence-corrected chi connectivity index (χ1v) is 7.79. The number of halogens is 1. The summed E-state index contributed by atoms with van der Waals surface area (Å²) >= 11 is 6.58. The molecule has 0 aromatic heterocycles. The number of methoxy groups -OCH3 is 1. The molecule has 2 atom stereocenters. The molecule has 2 rings (SSSR count). The van der Waals surface area contributed by atoms with Crippen molar-refractivity contribution in [2.75, 3.05) is 20.3 Å². The van der Waals surface area contributed by atoms with Crippen LogP contribution in [0.3, 0.4) is 0 Å². The minimum absolute atomic E-state index is 0.494. The maximum atomic E-state index is 6.58. The van der Waals surface area contributed by atoms with Gasteiger partial charge >= 0.3 is 0 Å². The van der Waals surface area contributed by atoms with E-state index in [1.54, 1.807) is 7.11 Å². The van der Waals surface area contributed by atoms with E-state index in [0.29, 0.717) is 6.04 Å². The number of ether oxygens (including phenoxy) is 1. The van der Waals surface area contributed by atoms with Gasteiger partial charge in [0.25, 0.3) is 0 Å². The fraction of sp³-hybridized carbons (Fsp3) is 0.500. The Bertz CT molecular complexity index is 322. The SMILES string of the molecule is COC[C@@H]1CCCN1P(Cl)c1ccccc1. The Balaban J connectivity index is 2.06. The molecule has 1 heterocycles. The zero-order chi connectivity index (χ0) is 11.4. The first-order chi connectivity index (χ1) is 7.83. The van der Waals surface area contributed by atoms with E-state index in [1.165, 1.54) is 18.1 Å². The maximum absolute atomic E-state index is 6.58. The van der Waals surface area contributed by atoms with Crippen LogP contribution in [0.5, 0.6) is 0 Å². The molecular formula is C12H17ClNOP. The molecule has 4 heteroatoms. The van der Waals surface area contributed by atoms with Crippen LogP contribution in [-0.4, -0.2) is 31.0 Å². The van der Waals surface area contributed by atoms with Gasteiger partial charge in [0.2, 0.25) is 0 Å². The van der Waals surface area contributed by atoms with Gasteiger partial charge in [0.15, 0.2) is 0 Å². The summed E-state index contributed by atoms with van der Waals surface area (Å²) < 4.78 is 7.65. The molecule has 0 bridgehead atoms. The normalized spacial score (nSPS) is 23.5. The zero-order valence-corrected chi connectivity index (χ0v) is 11.1. The fourth-order valence-corrected chi connectivity index (χ4v) is 4.55. The summed E-state index contributed by atoms with van der Waals surface area (Å²) in [6.45, 7) is 1.89. The zero-order valence-electron chi connectivity index (χ0n) is 9.47. The monoisotopic (exact) mass is 257 g/mol. The van der Waals surface area contributed by atoms with Crippen molar-refractivity contribution in [1.29, 1.82) is 0 Å². The van der Waals surface area contributed by atoms with E-state index in [4.69, 9.17) is 16.0 Å². The lowest BCUT2D eigenvalue weighted by molar-refractivity contribution is 0.151. The highest BCUT2D eigenvalue weighted by atomic mass is 35.7. The largest absolute Gasteiger partial charge is 0.383 e. The molecule has 1 aromatic rings. The third-order valence-electron chi connectivity index (χ3n) is 2.90. The number of rotatable bonds is 4. The summed E-state index contributed by atoms with van der Waals surface area (Å²) in [7, 11) is 1.06. The highest BCUT2D eigenvalue weighted by Crippen LogP contribution is 2.48. The quantitative estimate of drug-likeness (QED) is 0.769. The highest BCUT2D eigenvalue weighted by molar-refractivity contribution is 7.88. The molecule has 2 nitrogen and oxygen atoms in total. The van der Waals surface area contributed by atoms with Gasteiger partial charge in [-0.2, -0.15) is 0 Å². The Labute approximate surface area is 103 Å². The standard InChI is InChI=1S/C12H17ClNOP/c1-15-10-11-6-5-9-14(11)16(13)12-7-3-2-4-8-12/h2-4,7-8,11H,5-6,9-10H2,1H3/t11-,16?/m0/s1. The number of benzene rings is 1. The summed E-state index contributed by atoms with van der Waals surface area (Å²) in [5.74, 6) is 0. The summed E-state index contributed by atoms with van der Waals surface area (Å²) in [5.41, 5.74) is 0. The molecule has 1 unspecified atom stereocenters. The molecule has 88 valence electrons. The van der Waals surface area contributed by atoms with E-state index in [-0.39, 0.29) is 0 Å². The van der Waals surface area contributed by atoms with E-state index in [2.05, 4.69) is 28.9 Å². The minimum atomic E-state index is -0.702. The Morgan fingerprint density at radius 1 is 1.44 bits per heavy atom. The molecular weight excluding hydrogens is 241 g/mol. The molecule has 0 saturated carbocycles. The summed E-state index contributed by atoms with van der Waals surface area (Å²) in [5, 5.41) is 1.24. The van der Waals surface area contributed by atoms with Crippen molar-refractivity contribution in [3.63, 3.8) is 0 Å². The van der Waals surface area contributed by atoms with Gasteiger partial charge in [-0.25, -0.2) is 0 Å². The lowest BCUT2D eigenvalue weighted by Gasteiger charge is -2.28. The van der Waals surface area contributed by atoms with Crippen molar-refractivity contribution in [2.24, 2.45) is 0 Å². The van der Waals surface area contributed by atoms with E-state index in [1.807, 2.05) is 6.07 Å². The Morgan fingerprint density at radius 3 is 2.88 bits per heavy atom. The molecule has 0 radical (unpaired) electrons. The molecule has 16 heavy (non-hydrogen) atoms. The van der Waals surface area contributed by atoms with Crippen molar-refractivity contribution >= 4 is 24.0 Å². The van der Waals surface area contributed by atoms with E-state index in [0.717, 1.165) is 13.2 Å². The Morgan fingerprint density at radius 2 is 2.19 bits per heavy atom. The van der Waals surface area contributed by atoms with Crippen LogP contribution in [0.15, 0.2) is 30.3 Å². The maximum Gasteiger partial charge on any atom is 0.0949 e. The van der Waals surface area contributed by atoms with Gasteiger partial charge < -0.3 is 4.74 Å². The van der Waals surface area contributed by atoms with Crippen LogP contribution in [0.1, 0.15) is 12.8 Å². The van der Waals surface area contributed by atoms with Gasteiger partial charge in [0.05, 0.1) is 14.0 Å². The molecule has 0 spiro atoms. The Hall–Kier alpha value is -0.140. The molecule has 0 amide bonds. The van der Waals surface area contributed by atoms with Gasteiger partial charge in [-0.3, -0.25) is 4.67 Å². The highest BCUT2D eigenvalue weighted by Gasteiger charge is 2.30. The average molecular weight is 258 g/mol. The van der Waals surface area contributed by atoms with Crippen LogP contribution in [-0.2, 0) is 4.74 Å². The van der Waals surface area contributed by atoms with E-state index >= 15 is 0 Å². The number of hydrogen-bond acceptors (Lipinski definition) is 2. The van der Waals surface area contributed by atoms with Gasteiger partial charge in [-0.1, -0.05) is 41.6 Å². The lowest BCUT2D eigenvalue weighted by Crippen LogP contribution is -2.29. The molecule has 0 aliphatic carbocycles. The van der Waals surface area contributed by atoms with Crippen LogP contribution in [0, 0.1) is 0 Å². The van der Waals surface area contributed by atoms with Crippen molar-refractivity contribution in [1.82, 2.24) is 4.67 Å². The summed E-state index contributed by atoms with van der Waals surface area (Å²) in [4.78, 5) is 0.